The van der Waals surface area contributed by atoms with E-state index in [9.17, 15) is 9.18 Å². The molecule has 0 unspecified atom stereocenters. The number of aromatic nitrogens is 2. The van der Waals surface area contributed by atoms with Crippen molar-refractivity contribution in [1.29, 1.82) is 0 Å². The van der Waals surface area contributed by atoms with Crippen LogP contribution < -0.4 is 16.6 Å². The highest BCUT2D eigenvalue weighted by atomic mass is 19.1. The molecule has 2 aromatic heterocycles. The third-order valence-electron chi connectivity index (χ3n) is 4.86. The number of anilines is 2. The van der Waals surface area contributed by atoms with Gasteiger partial charge in [-0.25, -0.2) is 15.2 Å². The van der Waals surface area contributed by atoms with E-state index in [2.05, 4.69) is 15.7 Å². The molecule has 0 saturated heterocycles. The number of hydrogen-bond acceptors (Lipinski definition) is 4. The lowest BCUT2D eigenvalue weighted by Gasteiger charge is -2.15. The molecule has 2 aromatic carbocycles. The molecule has 1 amide bonds. The molecule has 7 heteroatoms. The van der Waals surface area contributed by atoms with Gasteiger partial charge in [0.15, 0.2) is 0 Å². The van der Waals surface area contributed by atoms with Gasteiger partial charge in [0.2, 0.25) is 0 Å². The van der Waals surface area contributed by atoms with Crippen LogP contribution in [0, 0.1) is 19.7 Å². The number of para-hydroxylation sites is 1. The lowest BCUT2D eigenvalue weighted by Crippen LogP contribution is -2.30. The van der Waals surface area contributed by atoms with Crippen LogP contribution in [0.3, 0.4) is 0 Å². The van der Waals surface area contributed by atoms with Crippen LogP contribution in [0.1, 0.15) is 21.5 Å². The van der Waals surface area contributed by atoms with Crippen LogP contribution in [0.4, 0.5) is 15.9 Å². The number of pyridine rings is 1. The number of aryl methyl sites for hydroxylation is 2. The number of rotatable bonds is 4. The Hall–Kier alpha value is -3.71. The molecule has 4 aromatic rings. The smallest absolute Gasteiger partial charge is 0.265 e. The topological polar surface area (TPSA) is 84.5 Å². The van der Waals surface area contributed by atoms with Crippen LogP contribution in [0.25, 0.3) is 16.9 Å². The van der Waals surface area contributed by atoms with Crippen LogP contribution in [0.2, 0.25) is 0 Å². The van der Waals surface area contributed by atoms with E-state index in [4.69, 9.17) is 5.84 Å². The van der Waals surface area contributed by atoms with Crippen molar-refractivity contribution >= 4 is 23.1 Å². The summed E-state index contributed by atoms with van der Waals surface area (Å²) >= 11 is 0. The highest BCUT2D eigenvalue weighted by molar-refractivity contribution is 6.01. The molecule has 4 N–H and O–H groups in total. The van der Waals surface area contributed by atoms with Crippen LogP contribution in [0.5, 0.6) is 0 Å². The Morgan fingerprint density at radius 1 is 1.03 bits per heavy atom. The molecular formula is C22H20FN5O. The number of amides is 1. The van der Waals surface area contributed by atoms with Gasteiger partial charge in [0.1, 0.15) is 23.0 Å². The van der Waals surface area contributed by atoms with Crippen molar-refractivity contribution in [3.8, 4) is 11.3 Å². The van der Waals surface area contributed by atoms with E-state index in [1.807, 2.05) is 38.1 Å². The minimum atomic E-state index is -0.429. The molecule has 146 valence electrons. The fourth-order valence-corrected chi connectivity index (χ4v) is 3.42. The zero-order valence-corrected chi connectivity index (χ0v) is 16.0. The number of benzene rings is 2. The highest BCUT2D eigenvalue weighted by Gasteiger charge is 2.20. The second-order valence-electron chi connectivity index (χ2n) is 6.80. The number of imidazole rings is 1. The van der Waals surface area contributed by atoms with Gasteiger partial charge < -0.3 is 5.32 Å². The van der Waals surface area contributed by atoms with Crippen molar-refractivity contribution in [2.75, 3.05) is 5.32 Å². The molecule has 4 rings (SSSR count). The Labute approximate surface area is 167 Å². The van der Waals surface area contributed by atoms with Gasteiger partial charge in [0.25, 0.3) is 5.91 Å². The summed E-state index contributed by atoms with van der Waals surface area (Å²) in [6.07, 6.45) is 1.37. The van der Waals surface area contributed by atoms with Crippen molar-refractivity contribution in [3.63, 3.8) is 0 Å². The highest BCUT2D eigenvalue weighted by Crippen LogP contribution is 2.35. The summed E-state index contributed by atoms with van der Waals surface area (Å²) in [5.74, 6) is 5.10. The lowest BCUT2D eigenvalue weighted by atomic mass is 10.0. The average Bonchev–Trinajstić information content (AvgIpc) is 3.07. The Balaban J connectivity index is 1.99. The number of nitrogen functional groups attached to an aromatic ring is 1. The Morgan fingerprint density at radius 3 is 2.48 bits per heavy atom. The van der Waals surface area contributed by atoms with E-state index in [1.165, 1.54) is 12.3 Å². The first kappa shape index (κ1) is 18.6. The number of fused-ring (bicyclic) bond motifs is 1. The van der Waals surface area contributed by atoms with Crippen molar-refractivity contribution in [1.82, 2.24) is 14.8 Å². The summed E-state index contributed by atoms with van der Waals surface area (Å²) in [7, 11) is 0. The summed E-state index contributed by atoms with van der Waals surface area (Å²) in [6, 6.07) is 15.9. The summed E-state index contributed by atoms with van der Waals surface area (Å²) in [4.78, 5) is 17.0. The molecule has 2 heterocycles. The monoisotopic (exact) mass is 389 g/mol. The SMILES string of the molecule is Cc1cccc(C)c1Nc1c(-c2ccccc2C(=O)NN)nc2ccc(F)cn12. The fourth-order valence-electron chi connectivity index (χ4n) is 3.42. The number of nitrogens with two attached hydrogens (primary N) is 1. The number of carbonyl (C=O) groups is 1. The van der Waals surface area contributed by atoms with Gasteiger partial charge >= 0.3 is 0 Å². The van der Waals surface area contributed by atoms with Gasteiger partial charge in [0, 0.05) is 17.4 Å². The van der Waals surface area contributed by atoms with E-state index in [-0.39, 0.29) is 5.82 Å². The quantitative estimate of drug-likeness (QED) is 0.279. The predicted molar refractivity (Wildman–Crippen MR) is 111 cm³/mol. The van der Waals surface area contributed by atoms with Crippen molar-refractivity contribution < 1.29 is 9.18 Å². The molecule has 0 aliphatic rings. The number of nitrogens with zero attached hydrogens (tertiary/aromatic N) is 2. The number of carbonyl (C=O) groups excluding carboxylic acids is 1. The summed E-state index contributed by atoms with van der Waals surface area (Å²) in [5.41, 5.74) is 7.19. The average molecular weight is 389 g/mol. The molecular weight excluding hydrogens is 369 g/mol. The fraction of sp³-hybridized carbons (Fsp3) is 0.0909. The van der Waals surface area contributed by atoms with Crippen molar-refractivity contribution in [3.05, 3.63) is 83.3 Å². The van der Waals surface area contributed by atoms with Gasteiger partial charge in [0.05, 0.1) is 5.56 Å². The zero-order chi connectivity index (χ0) is 20.5. The second kappa shape index (κ2) is 7.37. The van der Waals surface area contributed by atoms with Gasteiger partial charge in [-0.3, -0.25) is 14.6 Å². The minimum absolute atomic E-state index is 0.378. The molecule has 0 aliphatic heterocycles. The summed E-state index contributed by atoms with van der Waals surface area (Å²) in [5, 5.41) is 3.41. The maximum absolute atomic E-state index is 14.0. The van der Waals surface area contributed by atoms with Crippen molar-refractivity contribution in [2.24, 2.45) is 5.84 Å². The predicted octanol–water partition coefficient (Wildman–Crippen LogP) is 4.10. The van der Waals surface area contributed by atoms with Crippen LogP contribution in [-0.4, -0.2) is 15.3 Å². The summed E-state index contributed by atoms with van der Waals surface area (Å²) in [6.45, 7) is 3.99. The number of hydrazine groups is 1. The zero-order valence-electron chi connectivity index (χ0n) is 16.0. The first-order chi connectivity index (χ1) is 14.0. The van der Waals surface area contributed by atoms with E-state index in [1.54, 1.807) is 28.7 Å². The van der Waals surface area contributed by atoms with Crippen LogP contribution in [0.15, 0.2) is 60.8 Å². The van der Waals surface area contributed by atoms with Gasteiger partial charge in [-0.1, -0.05) is 36.4 Å². The van der Waals surface area contributed by atoms with E-state index in [0.717, 1.165) is 16.8 Å². The normalized spacial score (nSPS) is 10.9. The maximum atomic E-state index is 14.0. The van der Waals surface area contributed by atoms with Crippen LogP contribution in [-0.2, 0) is 0 Å². The number of hydrogen-bond donors (Lipinski definition) is 3. The Kier molecular flexibility index (Phi) is 4.74. The van der Waals surface area contributed by atoms with Crippen molar-refractivity contribution in [2.45, 2.75) is 13.8 Å². The standard InChI is InChI=1S/C22H20FN5O/c1-13-6-5-7-14(2)19(13)26-21-20(25-18-11-10-15(23)12-28(18)21)16-8-3-4-9-17(16)22(29)27-24/h3-12,26H,24H2,1-2H3,(H,27,29). The molecule has 0 bridgehead atoms. The molecule has 29 heavy (non-hydrogen) atoms. The Bertz CT molecular complexity index is 1210. The minimum Gasteiger partial charge on any atom is -0.339 e. The molecule has 0 aliphatic carbocycles. The van der Waals surface area contributed by atoms with E-state index < -0.39 is 5.91 Å². The van der Waals surface area contributed by atoms with Crippen LogP contribution >= 0.6 is 0 Å². The number of halogens is 1. The van der Waals surface area contributed by atoms with E-state index >= 15 is 0 Å². The first-order valence-corrected chi connectivity index (χ1v) is 9.11. The third kappa shape index (κ3) is 3.32. The molecule has 0 atom stereocenters. The molecule has 6 nitrogen and oxygen atoms in total. The first-order valence-electron chi connectivity index (χ1n) is 9.11. The van der Waals surface area contributed by atoms with Gasteiger partial charge in [-0.05, 0) is 43.2 Å². The maximum Gasteiger partial charge on any atom is 0.265 e. The van der Waals surface area contributed by atoms with Gasteiger partial charge in [-0.15, -0.1) is 0 Å². The largest absolute Gasteiger partial charge is 0.339 e. The number of nitrogens with one attached hydrogen (secondary N) is 2. The third-order valence-corrected chi connectivity index (χ3v) is 4.86. The summed E-state index contributed by atoms with van der Waals surface area (Å²) < 4.78 is 15.7. The molecule has 0 spiro atoms. The van der Waals surface area contributed by atoms with E-state index in [0.29, 0.717) is 28.3 Å². The second-order valence-corrected chi connectivity index (χ2v) is 6.80. The molecule has 0 radical (unpaired) electrons. The van der Waals surface area contributed by atoms with Gasteiger partial charge in [-0.2, -0.15) is 0 Å². The molecule has 0 fully saturated rings. The lowest BCUT2D eigenvalue weighted by molar-refractivity contribution is 0.0954. The molecule has 0 saturated carbocycles. The Morgan fingerprint density at radius 2 is 1.76 bits per heavy atom.